The molecule has 1 unspecified atom stereocenters. The number of hydrogen-bond donors (Lipinski definition) is 1. The van der Waals surface area contributed by atoms with Crippen molar-refractivity contribution in [3.05, 3.63) is 41.9 Å². The second-order valence-corrected chi connectivity index (χ2v) is 6.22. The van der Waals surface area contributed by atoms with Gasteiger partial charge in [0.25, 0.3) is 0 Å². The maximum absolute atomic E-state index is 14.0. The molecule has 1 aliphatic heterocycles. The van der Waals surface area contributed by atoms with Crippen LogP contribution in [0.5, 0.6) is 0 Å². The molecule has 1 saturated heterocycles. The summed E-state index contributed by atoms with van der Waals surface area (Å²) in [5.41, 5.74) is -0.688. The Morgan fingerprint density at radius 3 is 2.72 bits per heavy atom. The summed E-state index contributed by atoms with van der Waals surface area (Å²) in [6.07, 6.45) is 0.212. The molecule has 1 aromatic heterocycles. The second kappa shape index (κ2) is 6.66. The third kappa shape index (κ3) is 3.55. The maximum atomic E-state index is 14.0. The lowest BCUT2D eigenvalue weighted by molar-refractivity contribution is -0.150. The number of halogens is 1. The van der Waals surface area contributed by atoms with Gasteiger partial charge in [-0.1, -0.05) is 30.3 Å². The first-order valence-electron chi connectivity index (χ1n) is 8.11. The molecule has 2 heterocycles. The highest BCUT2D eigenvalue weighted by atomic mass is 19.1. The highest BCUT2D eigenvalue weighted by Crippen LogP contribution is 2.27. The van der Waals surface area contributed by atoms with Crippen LogP contribution in [-0.4, -0.2) is 45.6 Å². The van der Waals surface area contributed by atoms with E-state index < -0.39 is 18.2 Å². The largest absolute Gasteiger partial charge is 0.479 e. The molecule has 0 aliphatic carbocycles. The number of alkyl halides is 1. The molecular weight excluding hydrogens is 327 g/mol. The number of carboxylic acid groups (broad SMARTS) is 1. The van der Waals surface area contributed by atoms with Gasteiger partial charge < -0.3 is 14.4 Å². The lowest BCUT2D eigenvalue weighted by Crippen LogP contribution is -2.38. The highest BCUT2D eigenvalue weighted by molar-refractivity contribution is 5.82. The Balaban J connectivity index is 1.61. The number of hydrogen-bond acceptors (Lipinski definition) is 4. The molecule has 6 nitrogen and oxygen atoms in total. The van der Waals surface area contributed by atoms with Gasteiger partial charge in [0.1, 0.15) is 0 Å². The predicted octanol–water partition coefficient (Wildman–Crippen LogP) is 2.61. The molecule has 1 amide bonds. The number of aliphatic carboxylic acids is 1. The minimum Gasteiger partial charge on any atom is -0.479 e. The fourth-order valence-electron chi connectivity index (χ4n) is 2.95. The standard InChI is InChI=1S/C18H19FN2O4/c1-12-16(13-5-3-2-4-6-13)25-14(20-12)7-8-15(22)21-10-9-18(19,11-21)17(23)24/h2-6H,7-11H2,1H3,(H,23,24). The van der Waals surface area contributed by atoms with Gasteiger partial charge in [0.15, 0.2) is 11.7 Å². The van der Waals surface area contributed by atoms with E-state index >= 15 is 0 Å². The maximum Gasteiger partial charge on any atom is 0.343 e. The van der Waals surface area contributed by atoms with Gasteiger partial charge >= 0.3 is 5.97 Å². The normalized spacial score (nSPS) is 20.0. The number of carboxylic acids is 1. The van der Waals surface area contributed by atoms with Gasteiger partial charge in [0.05, 0.1) is 12.2 Å². The first-order valence-corrected chi connectivity index (χ1v) is 8.11. The van der Waals surface area contributed by atoms with E-state index in [1.807, 2.05) is 37.3 Å². The van der Waals surface area contributed by atoms with Crippen LogP contribution in [0, 0.1) is 6.92 Å². The molecule has 3 rings (SSSR count). The Hall–Kier alpha value is -2.70. The van der Waals surface area contributed by atoms with Crippen molar-refractivity contribution in [3.8, 4) is 11.3 Å². The molecule has 1 aromatic carbocycles. The van der Waals surface area contributed by atoms with Gasteiger partial charge in [0.2, 0.25) is 11.6 Å². The Morgan fingerprint density at radius 1 is 1.36 bits per heavy atom. The van der Waals surface area contributed by atoms with Crippen molar-refractivity contribution < 1.29 is 23.5 Å². The molecule has 7 heteroatoms. The van der Waals surface area contributed by atoms with Gasteiger partial charge in [-0.25, -0.2) is 14.2 Å². The smallest absolute Gasteiger partial charge is 0.343 e. The van der Waals surface area contributed by atoms with E-state index in [9.17, 15) is 14.0 Å². The van der Waals surface area contributed by atoms with Crippen LogP contribution >= 0.6 is 0 Å². The topological polar surface area (TPSA) is 83.6 Å². The summed E-state index contributed by atoms with van der Waals surface area (Å²) in [5.74, 6) is -0.706. The zero-order chi connectivity index (χ0) is 18.0. The molecule has 25 heavy (non-hydrogen) atoms. The van der Waals surface area contributed by atoms with Crippen molar-refractivity contribution in [1.82, 2.24) is 9.88 Å². The average molecular weight is 346 g/mol. The molecule has 1 atom stereocenters. The van der Waals surface area contributed by atoms with Gasteiger partial charge in [-0.05, 0) is 6.92 Å². The number of carbonyl (C=O) groups is 2. The molecule has 0 radical (unpaired) electrons. The summed E-state index contributed by atoms with van der Waals surface area (Å²) < 4.78 is 19.8. The van der Waals surface area contributed by atoms with Crippen molar-refractivity contribution in [2.45, 2.75) is 31.9 Å². The van der Waals surface area contributed by atoms with Crippen molar-refractivity contribution >= 4 is 11.9 Å². The minimum atomic E-state index is -2.34. The summed E-state index contributed by atoms with van der Waals surface area (Å²) in [4.78, 5) is 28.7. The number of amides is 1. The number of nitrogens with zero attached hydrogens (tertiary/aromatic N) is 2. The van der Waals surface area contributed by atoms with Crippen LogP contribution in [0.4, 0.5) is 4.39 Å². The molecule has 1 aliphatic rings. The Bertz CT molecular complexity index is 790. The van der Waals surface area contributed by atoms with Crippen molar-refractivity contribution in [2.75, 3.05) is 13.1 Å². The van der Waals surface area contributed by atoms with E-state index in [1.165, 1.54) is 4.90 Å². The molecule has 0 spiro atoms. The van der Waals surface area contributed by atoms with E-state index in [2.05, 4.69) is 4.98 Å². The summed E-state index contributed by atoms with van der Waals surface area (Å²) in [6, 6.07) is 9.55. The second-order valence-electron chi connectivity index (χ2n) is 6.22. The molecule has 1 N–H and O–H groups in total. The van der Waals surface area contributed by atoms with Crippen LogP contribution < -0.4 is 0 Å². The van der Waals surface area contributed by atoms with Gasteiger partial charge in [-0.2, -0.15) is 0 Å². The third-order valence-electron chi connectivity index (χ3n) is 4.39. The van der Waals surface area contributed by atoms with E-state index in [0.29, 0.717) is 11.7 Å². The predicted molar refractivity (Wildman–Crippen MR) is 87.7 cm³/mol. The van der Waals surface area contributed by atoms with Gasteiger partial charge in [0, 0.05) is 31.4 Å². The first kappa shape index (κ1) is 17.1. The summed E-state index contributed by atoms with van der Waals surface area (Å²) in [6.45, 7) is 1.55. The minimum absolute atomic E-state index is 0.101. The molecular formula is C18H19FN2O4. The number of carbonyl (C=O) groups excluding carboxylic acids is 1. The Kier molecular flexibility index (Phi) is 4.57. The first-order chi connectivity index (χ1) is 11.9. The quantitative estimate of drug-likeness (QED) is 0.900. The Morgan fingerprint density at radius 2 is 2.08 bits per heavy atom. The number of benzene rings is 1. The lowest BCUT2D eigenvalue weighted by Gasteiger charge is -2.17. The zero-order valence-corrected chi connectivity index (χ0v) is 13.9. The number of aryl methyl sites for hydroxylation is 2. The van der Waals surface area contributed by atoms with Crippen LogP contribution in [0.3, 0.4) is 0 Å². The molecule has 0 saturated carbocycles. The fraction of sp³-hybridized carbons (Fsp3) is 0.389. The van der Waals surface area contributed by atoms with E-state index in [4.69, 9.17) is 9.52 Å². The van der Waals surface area contributed by atoms with Crippen LogP contribution in [0.15, 0.2) is 34.7 Å². The number of aromatic nitrogens is 1. The van der Waals surface area contributed by atoms with Crippen molar-refractivity contribution in [1.29, 1.82) is 0 Å². The lowest BCUT2D eigenvalue weighted by atomic mass is 10.1. The van der Waals surface area contributed by atoms with Crippen LogP contribution in [-0.2, 0) is 16.0 Å². The monoisotopic (exact) mass is 346 g/mol. The van der Waals surface area contributed by atoms with E-state index in [0.717, 1.165) is 11.3 Å². The molecule has 1 fully saturated rings. The summed E-state index contributed by atoms with van der Waals surface area (Å²) in [5, 5.41) is 8.88. The van der Waals surface area contributed by atoms with Gasteiger partial charge in [-0.15, -0.1) is 0 Å². The van der Waals surface area contributed by atoms with Crippen LogP contribution in [0.25, 0.3) is 11.3 Å². The summed E-state index contributed by atoms with van der Waals surface area (Å²) >= 11 is 0. The molecule has 0 bridgehead atoms. The molecule has 132 valence electrons. The van der Waals surface area contributed by atoms with E-state index in [-0.39, 0.29) is 31.7 Å². The number of likely N-dealkylation sites (tertiary alicyclic amines) is 1. The van der Waals surface area contributed by atoms with Crippen LogP contribution in [0.1, 0.15) is 24.4 Å². The fourth-order valence-corrected chi connectivity index (χ4v) is 2.95. The zero-order valence-electron chi connectivity index (χ0n) is 13.9. The van der Waals surface area contributed by atoms with Crippen LogP contribution in [0.2, 0.25) is 0 Å². The summed E-state index contributed by atoms with van der Waals surface area (Å²) in [7, 11) is 0. The number of oxazole rings is 1. The van der Waals surface area contributed by atoms with Crippen molar-refractivity contribution in [2.24, 2.45) is 0 Å². The Labute approximate surface area is 144 Å². The number of rotatable bonds is 5. The highest BCUT2D eigenvalue weighted by Gasteiger charge is 2.46. The average Bonchev–Trinajstić information content (AvgIpc) is 3.18. The van der Waals surface area contributed by atoms with Gasteiger partial charge in [-0.3, -0.25) is 4.79 Å². The molecule has 2 aromatic rings. The van der Waals surface area contributed by atoms with E-state index in [1.54, 1.807) is 0 Å². The third-order valence-corrected chi connectivity index (χ3v) is 4.39. The van der Waals surface area contributed by atoms with Crippen molar-refractivity contribution in [3.63, 3.8) is 0 Å². The SMILES string of the molecule is Cc1nc(CCC(=O)N2CCC(F)(C(=O)O)C2)oc1-c1ccccc1.